The molecule has 2 N–H and O–H groups in total. The molecule has 0 radical (unpaired) electrons. The molecule has 0 heterocycles. The molecule has 1 amide bonds. The van der Waals surface area contributed by atoms with E-state index in [2.05, 4.69) is 10.6 Å². The van der Waals surface area contributed by atoms with Crippen LogP contribution in [-0.4, -0.2) is 25.6 Å². The standard InChI is InChI=1S/C12H18N2O2/c1-9(2)14-12(15)8-16-11-6-4-10(13-3)5-7-11/h4-7,9,13H,8H2,1-3H3,(H,14,15). The molecule has 0 bridgehead atoms. The summed E-state index contributed by atoms with van der Waals surface area (Å²) in [7, 11) is 1.85. The van der Waals surface area contributed by atoms with Crippen LogP contribution in [0.5, 0.6) is 5.75 Å². The normalized spacial score (nSPS) is 10.0. The van der Waals surface area contributed by atoms with Gasteiger partial charge in [-0.05, 0) is 38.1 Å². The maximum atomic E-state index is 11.3. The summed E-state index contributed by atoms with van der Waals surface area (Å²) in [5, 5.41) is 5.77. The van der Waals surface area contributed by atoms with E-state index in [1.807, 2.05) is 45.2 Å². The van der Waals surface area contributed by atoms with Gasteiger partial charge in [0, 0.05) is 18.8 Å². The molecule has 1 rings (SSSR count). The zero-order chi connectivity index (χ0) is 12.0. The molecule has 88 valence electrons. The minimum absolute atomic E-state index is 0.0527. The van der Waals surface area contributed by atoms with Crippen LogP contribution in [0.1, 0.15) is 13.8 Å². The number of nitrogens with one attached hydrogen (secondary N) is 2. The Balaban J connectivity index is 2.39. The highest BCUT2D eigenvalue weighted by Gasteiger charge is 2.03. The largest absolute Gasteiger partial charge is 0.484 e. The van der Waals surface area contributed by atoms with Gasteiger partial charge in [0.25, 0.3) is 5.91 Å². The molecule has 0 unspecified atom stereocenters. The Labute approximate surface area is 96.0 Å². The van der Waals surface area contributed by atoms with Crippen molar-refractivity contribution in [2.24, 2.45) is 0 Å². The molecule has 0 saturated heterocycles. The van der Waals surface area contributed by atoms with Gasteiger partial charge in [0.15, 0.2) is 6.61 Å². The number of hydrogen-bond acceptors (Lipinski definition) is 3. The lowest BCUT2D eigenvalue weighted by Gasteiger charge is -2.10. The molecule has 1 aromatic rings. The first kappa shape index (κ1) is 12.4. The van der Waals surface area contributed by atoms with Crippen LogP contribution in [0.3, 0.4) is 0 Å². The van der Waals surface area contributed by atoms with Crippen molar-refractivity contribution >= 4 is 11.6 Å². The third kappa shape index (κ3) is 4.21. The van der Waals surface area contributed by atoms with Crippen molar-refractivity contribution in [2.75, 3.05) is 19.0 Å². The van der Waals surface area contributed by atoms with Gasteiger partial charge in [-0.25, -0.2) is 0 Å². The van der Waals surface area contributed by atoms with Gasteiger partial charge in [-0.3, -0.25) is 4.79 Å². The van der Waals surface area contributed by atoms with E-state index < -0.39 is 0 Å². The number of carbonyl (C=O) groups is 1. The van der Waals surface area contributed by atoms with Crippen LogP contribution in [0, 0.1) is 0 Å². The van der Waals surface area contributed by atoms with E-state index in [0.29, 0.717) is 5.75 Å². The lowest BCUT2D eigenvalue weighted by Crippen LogP contribution is -2.34. The van der Waals surface area contributed by atoms with E-state index in [4.69, 9.17) is 4.74 Å². The van der Waals surface area contributed by atoms with Crippen LogP contribution < -0.4 is 15.4 Å². The van der Waals surface area contributed by atoms with E-state index in [0.717, 1.165) is 5.69 Å². The third-order valence-corrected chi connectivity index (χ3v) is 1.96. The van der Waals surface area contributed by atoms with Crippen LogP contribution in [-0.2, 0) is 4.79 Å². The molecule has 0 saturated carbocycles. The quantitative estimate of drug-likeness (QED) is 0.796. The predicted octanol–water partition coefficient (Wildman–Crippen LogP) is 1.63. The van der Waals surface area contributed by atoms with Crippen LogP contribution in [0.4, 0.5) is 5.69 Å². The summed E-state index contributed by atoms with van der Waals surface area (Å²) in [4.78, 5) is 11.3. The Morgan fingerprint density at radius 2 is 1.94 bits per heavy atom. The van der Waals surface area contributed by atoms with Gasteiger partial charge < -0.3 is 15.4 Å². The average molecular weight is 222 g/mol. The van der Waals surface area contributed by atoms with E-state index in [9.17, 15) is 4.79 Å². The summed E-state index contributed by atoms with van der Waals surface area (Å²) in [6, 6.07) is 7.59. The monoisotopic (exact) mass is 222 g/mol. The summed E-state index contributed by atoms with van der Waals surface area (Å²) >= 11 is 0. The van der Waals surface area contributed by atoms with Gasteiger partial charge in [0.1, 0.15) is 5.75 Å². The lowest BCUT2D eigenvalue weighted by molar-refractivity contribution is -0.123. The van der Waals surface area contributed by atoms with E-state index in [1.165, 1.54) is 0 Å². The maximum absolute atomic E-state index is 11.3. The SMILES string of the molecule is CNc1ccc(OCC(=O)NC(C)C)cc1. The van der Waals surface area contributed by atoms with Crippen molar-refractivity contribution in [2.45, 2.75) is 19.9 Å². The molecule has 1 aromatic carbocycles. The molecule has 0 aliphatic heterocycles. The van der Waals surface area contributed by atoms with Crippen molar-refractivity contribution in [1.29, 1.82) is 0 Å². The van der Waals surface area contributed by atoms with Crippen LogP contribution in [0.25, 0.3) is 0 Å². The third-order valence-electron chi connectivity index (χ3n) is 1.96. The van der Waals surface area contributed by atoms with E-state index >= 15 is 0 Å². The highest BCUT2D eigenvalue weighted by Crippen LogP contribution is 2.14. The summed E-state index contributed by atoms with van der Waals surface area (Å²) in [5.74, 6) is 0.589. The summed E-state index contributed by atoms with van der Waals surface area (Å²) in [5.41, 5.74) is 1.01. The highest BCUT2D eigenvalue weighted by molar-refractivity contribution is 5.77. The molecule has 0 aliphatic carbocycles. The fourth-order valence-corrected chi connectivity index (χ4v) is 1.23. The smallest absolute Gasteiger partial charge is 0.258 e. The molecule has 0 aliphatic rings. The molecular formula is C12H18N2O2. The van der Waals surface area contributed by atoms with Crippen molar-refractivity contribution < 1.29 is 9.53 Å². The van der Waals surface area contributed by atoms with Crippen LogP contribution in [0.15, 0.2) is 24.3 Å². The lowest BCUT2D eigenvalue weighted by atomic mass is 10.3. The molecule has 0 aromatic heterocycles. The van der Waals surface area contributed by atoms with Gasteiger partial charge in [-0.1, -0.05) is 0 Å². The topological polar surface area (TPSA) is 50.4 Å². The van der Waals surface area contributed by atoms with Gasteiger partial charge in [-0.15, -0.1) is 0 Å². The molecule has 4 nitrogen and oxygen atoms in total. The minimum atomic E-state index is -0.104. The number of carbonyl (C=O) groups excluding carboxylic acids is 1. The van der Waals surface area contributed by atoms with Gasteiger partial charge in [0.2, 0.25) is 0 Å². The Morgan fingerprint density at radius 1 is 1.31 bits per heavy atom. The molecule has 16 heavy (non-hydrogen) atoms. The van der Waals surface area contributed by atoms with E-state index in [-0.39, 0.29) is 18.6 Å². The molecular weight excluding hydrogens is 204 g/mol. The van der Waals surface area contributed by atoms with Crippen LogP contribution >= 0.6 is 0 Å². The number of anilines is 1. The van der Waals surface area contributed by atoms with E-state index in [1.54, 1.807) is 0 Å². The minimum Gasteiger partial charge on any atom is -0.484 e. The number of rotatable bonds is 5. The Kier molecular flexibility index (Phi) is 4.64. The van der Waals surface area contributed by atoms with Crippen molar-refractivity contribution in [3.8, 4) is 5.75 Å². The predicted molar refractivity (Wildman–Crippen MR) is 64.8 cm³/mol. The number of benzene rings is 1. The fourth-order valence-electron chi connectivity index (χ4n) is 1.23. The zero-order valence-corrected chi connectivity index (χ0v) is 9.91. The summed E-state index contributed by atoms with van der Waals surface area (Å²) in [6.07, 6.45) is 0. The number of ether oxygens (including phenoxy) is 1. The second-order valence-electron chi connectivity index (χ2n) is 3.79. The number of hydrogen-bond donors (Lipinski definition) is 2. The van der Waals surface area contributed by atoms with Gasteiger partial charge >= 0.3 is 0 Å². The second-order valence-corrected chi connectivity index (χ2v) is 3.79. The summed E-state index contributed by atoms with van der Waals surface area (Å²) < 4.78 is 5.33. The van der Waals surface area contributed by atoms with Crippen molar-refractivity contribution in [3.05, 3.63) is 24.3 Å². The highest BCUT2D eigenvalue weighted by atomic mass is 16.5. The molecule has 0 fully saturated rings. The second kappa shape index (κ2) is 6.00. The van der Waals surface area contributed by atoms with Crippen molar-refractivity contribution in [3.63, 3.8) is 0 Å². The summed E-state index contributed by atoms with van der Waals surface area (Å²) in [6.45, 7) is 3.89. The van der Waals surface area contributed by atoms with Crippen LogP contribution in [0.2, 0.25) is 0 Å². The fraction of sp³-hybridized carbons (Fsp3) is 0.417. The van der Waals surface area contributed by atoms with Gasteiger partial charge in [-0.2, -0.15) is 0 Å². The Morgan fingerprint density at radius 3 is 2.44 bits per heavy atom. The number of amides is 1. The molecule has 0 atom stereocenters. The van der Waals surface area contributed by atoms with Crippen molar-refractivity contribution in [1.82, 2.24) is 5.32 Å². The first-order chi connectivity index (χ1) is 7.61. The molecule has 4 heteroatoms. The first-order valence-corrected chi connectivity index (χ1v) is 5.32. The first-order valence-electron chi connectivity index (χ1n) is 5.32. The van der Waals surface area contributed by atoms with Gasteiger partial charge in [0.05, 0.1) is 0 Å². The molecule has 0 spiro atoms. The Bertz CT molecular complexity index is 333. The maximum Gasteiger partial charge on any atom is 0.258 e. The average Bonchev–Trinajstić information content (AvgIpc) is 2.26. The Hall–Kier alpha value is -1.71. The zero-order valence-electron chi connectivity index (χ0n) is 9.91.